The Morgan fingerprint density at radius 1 is 1.47 bits per heavy atom. The number of ether oxygens (including phenoxy) is 1. The second-order valence-electron chi connectivity index (χ2n) is 5.13. The zero-order chi connectivity index (χ0) is 13.2. The second-order valence-corrected chi connectivity index (χ2v) is 5.13. The maximum atomic E-state index is 12.3. The van der Waals surface area contributed by atoms with E-state index in [2.05, 4.69) is 5.32 Å². The summed E-state index contributed by atoms with van der Waals surface area (Å²) < 4.78 is 5.01. The predicted octanol–water partition coefficient (Wildman–Crippen LogP) is 0.537. The molecule has 5 heteroatoms. The van der Waals surface area contributed by atoms with E-state index < -0.39 is 11.6 Å². The Morgan fingerprint density at radius 2 is 2.06 bits per heavy atom. The molecule has 0 aromatic rings. The van der Waals surface area contributed by atoms with Crippen molar-refractivity contribution in [3.05, 3.63) is 0 Å². The molecule has 2 amide bonds. The van der Waals surface area contributed by atoms with Crippen LogP contribution in [0.15, 0.2) is 0 Å². The summed E-state index contributed by atoms with van der Waals surface area (Å²) in [5.41, 5.74) is -0.815. The molecule has 0 bridgehead atoms. The van der Waals surface area contributed by atoms with Crippen molar-refractivity contribution in [3.63, 3.8) is 0 Å². The smallest absolute Gasteiger partial charge is 0.248 e. The molecule has 0 aromatic carbocycles. The standard InChI is InChI=1S/C12H22N2O3/c1-8(6-7-17-5)14-9(2)10(15)13-12(3,4)11(14)16/h8-9H,6-7H2,1-5H3,(H,13,15). The van der Waals surface area contributed by atoms with Crippen LogP contribution in [0.1, 0.15) is 34.1 Å². The third-order valence-corrected chi connectivity index (χ3v) is 3.22. The monoisotopic (exact) mass is 242 g/mol. The summed E-state index contributed by atoms with van der Waals surface area (Å²) in [4.78, 5) is 25.8. The Kier molecular flexibility index (Phi) is 4.14. The molecule has 1 N–H and O–H groups in total. The topological polar surface area (TPSA) is 58.6 Å². The lowest BCUT2D eigenvalue weighted by Gasteiger charge is -2.44. The lowest BCUT2D eigenvalue weighted by Crippen LogP contribution is -2.69. The summed E-state index contributed by atoms with van der Waals surface area (Å²) in [7, 11) is 1.63. The third kappa shape index (κ3) is 2.77. The molecule has 0 aliphatic carbocycles. The normalized spacial score (nSPS) is 25.7. The lowest BCUT2D eigenvalue weighted by atomic mass is 9.95. The number of hydrogen-bond donors (Lipinski definition) is 1. The van der Waals surface area contributed by atoms with E-state index in [-0.39, 0.29) is 17.9 Å². The molecule has 2 unspecified atom stereocenters. The van der Waals surface area contributed by atoms with Crippen LogP contribution < -0.4 is 5.32 Å². The second kappa shape index (κ2) is 5.04. The highest BCUT2D eigenvalue weighted by Crippen LogP contribution is 2.21. The van der Waals surface area contributed by atoms with Crippen LogP contribution in [-0.4, -0.2) is 48.1 Å². The Labute approximate surface area is 102 Å². The average molecular weight is 242 g/mol. The van der Waals surface area contributed by atoms with E-state index in [4.69, 9.17) is 4.74 Å². The van der Waals surface area contributed by atoms with Gasteiger partial charge >= 0.3 is 0 Å². The summed E-state index contributed by atoms with van der Waals surface area (Å²) in [6.07, 6.45) is 0.732. The van der Waals surface area contributed by atoms with Gasteiger partial charge in [-0.1, -0.05) is 0 Å². The zero-order valence-corrected chi connectivity index (χ0v) is 11.2. The summed E-state index contributed by atoms with van der Waals surface area (Å²) >= 11 is 0. The molecule has 0 spiro atoms. The van der Waals surface area contributed by atoms with E-state index >= 15 is 0 Å². The fraction of sp³-hybridized carbons (Fsp3) is 0.833. The quantitative estimate of drug-likeness (QED) is 0.782. The van der Waals surface area contributed by atoms with E-state index in [1.54, 1.807) is 32.8 Å². The maximum Gasteiger partial charge on any atom is 0.248 e. The first-order chi connectivity index (χ1) is 7.81. The van der Waals surface area contributed by atoms with Crippen molar-refractivity contribution in [2.24, 2.45) is 0 Å². The summed E-state index contributed by atoms with van der Waals surface area (Å²) in [5.74, 6) is -0.132. The van der Waals surface area contributed by atoms with E-state index in [1.165, 1.54) is 0 Å². The molecule has 2 atom stereocenters. The Bertz CT molecular complexity index is 315. The van der Waals surface area contributed by atoms with Crippen molar-refractivity contribution >= 4 is 11.8 Å². The van der Waals surface area contributed by atoms with Crippen LogP contribution in [0.4, 0.5) is 0 Å². The van der Waals surface area contributed by atoms with Gasteiger partial charge in [0, 0.05) is 19.8 Å². The number of amides is 2. The maximum absolute atomic E-state index is 12.3. The SMILES string of the molecule is COCCC(C)N1C(=O)C(C)(C)NC(=O)C1C. The van der Waals surface area contributed by atoms with E-state index in [9.17, 15) is 9.59 Å². The van der Waals surface area contributed by atoms with Crippen molar-refractivity contribution in [2.45, 2.75) is 51.7 Å². The molecule has 1 aliphatic rings. The molecular weight excluding hydrogens is 220 g/mol. The molecule has 1 aliphatic heterocycles. The fourth-order valence-electron chi connectivity index (χ4n) is 2.10. The number of hydrogen-bond acceptors (Lipinski definition) is 3. The van der Waals surface area contributed by atoms with E-state index in [0.717, 1.165) is 6.42 Å². The van der Waals surface area contributed by atoms with Gasteiger partial charge < -0.3 is 15.0 Å². The first kappa shape index (κ1) is 14.0. The Morgan fingerprint density at radius 3 is 2.59 bits per heavy atom. The molecule has 1 saturated heterocycles. The van der Waals surface area contributed by atoms with Gasteiger partial charge in [-0.15, -0.1) is 0 Å². The minimum Gasteiger partial charge on any atom is -0.385 e. The first-order valence-electron chi connectivity index (χ1n) is 5.95. The van der Waals surface area contributed by atoms with E-state index in [1.807, 2.05) is 6.92 Å². The van der Waals surface area contributed by atoms with Gasteiger partial charge in [-0.3, -0.25) is 9.59 Å². The van der Waals surface area contributed by atoms with Crippen LogP contribution in [-0.2, 0) is 14.3 Å². The average Bonchev–Trinajstić information content (AvgIpc) is 2.23. The number of piperazine rings is 1. The highest BCUT2D eigenvalue weighted by molar-refractivity contribution is 5.99. The van der Waals surface area contributed by atoms with E-state index in [0.29, 0.717) is 6.61 Å². The molecule has 5 nitrogen and oxygen atoms in total. The van der Waals surface area contributed by atoms with Gasteiger partial charge in [-0.05, 0) is 34.1 Å². The van der Waals surface area contributed by atoms with Crippen molar-refractivity contribution in [3.8, 4) is 0 Å². The van der Waals surface area contributed by atoms with Crippen molar-refractivity contribution in [1.82, 2.24) is 10.2 Å². The molecular formula is C12H22N2O3. The fourth-order valence-corrected chi connectivity index (χ4v) is 2.10. The highest BCUT2D eigenvalue weighted by Gasteiger charge is 2.44. The number of nitrogens with one attached hydrogen (secondary N) is 1. The van der Waals surface area contributed by atoms with Gasteiger partial charge in [-0.2, -0.15) is 0 Å². The van der Waals surface area contributed by atoms with Crippen molar-refractivity contribution in [1.29, 1.82) is 0 Å². The van der Waals surface area contributed by atoms with Crippen LogP contribution in [0, 0.1) is 0 Å². The van der Waals surface area contributed by atoms with Gasteiger partial charge in [0.25, 0.3) is 0 Å². The molecule has 0 aromatic heterocycles. The minimum absolute atomic E-state index is 0.00257. The van der Waals surface area contributed by atoms with Crippen LogP contribution in [0.3, 0.4) is 0 Å². The molecule has 17 heavy (non-hydrogen) atoms. The molecule has 1 heterocycles. The summed E-state index contributed by atoms with van der Waals surface area (Å²) in [6.45, 7) is 7.75. The largest absolute Gasteiger partial charge is 0.385 e. The highest BCUT2D eigenvalue weighted by atomic mass is 16.5. The van der Waals surface area contributed by atoms with Gasteiger partial charge in [0.2, 0.25) is 11.8 Å². The van der Waals surface area contributed by atoms with Crippen LogP contribution in [0.5, 0.6) is 0 Å². The summed E-state index contributed by atoms with van der Waals surface area (Å²) in [6, 6.07) is -0.412. The number of carbonyl (C=O) groups excluding carboxylic acids is 2. The van der Waals surface area contributed by atoms with Gasteiger partial charge in [-0.25, -0.2) is 0 Å². The Balaban J connectivity index is 2.86. The Hall–Kier alpha value is -1.10. The number of carbonyl (C=O) groups is 2. The van der Waals surface area contributed by atoms with Crippen molar-refractivity contribution in [2.75, 3.05) is 13.7 Å². The predicted molar refractivity (Wildman–Crippen MR) is 64.5 cm³/mol. The molecule has 0 saturated carbocycles. The third-order valence-electron chi connectivity index (χ3n) is 3.22. The zero-order valence-electron chi connectivity index (χ0n) is 11.2. The van der Waals surface area contributed by atoms with Crippen molar-refractivity contribution < 1.29 is 14.3 Å². The number of rotatable bonds is 4. The van der Waals surface area contributed by atoms with Gasteiger partial charge in [0.1, 0.15) is 11.6 Å². The number of methoxy groups -OCH3 is 1. The lowest BCUT2D eigenvalue weighted by molar-refractivity contribution is -0.155. The van der Waals surface area contributed by atoms with Gasteiger partial charge in [0.05, 0.1) is 0 Å². The summed E-state index contributed by atoms with van der Waals surface area (Å²) in [5, 5.41) is 2.73. The first-order valence-corrected chi connectivity index (χ1v) is 5.95. The number of nitrogens with zero attached hydrogens (tertiary/aromatic N) is 1. The molecule has 1 rings (SSSR count). The van der Waals surface area contributed by atoms with Crippen LogP contribution >= 0.6 is 0 Å². The van der Waals surface area contributed by atoms with Crippen LogP contribution in [0.2, 0.25) is 0 Å². The molecule has 0 radical (unpaired) electrons. The van der Waals surface area contributed by atoms with Crippen LogP contribution in [0.25, 0.3) is 0 Å². The van der Waals surface area contributed by atoms with Gasteiger partial charge in [0.15, 0.2) is 0 Å². The molecule has 1 fully saturated rings. The molecule has 98 valence electrons. The minimum atomic E-state index is -0.815.